The van der Waals surface area contributed by atoms with Crippen LogP contribution in [0, 0.1) is 5.92 Å². The second-order valence-corrected chi connectivity index (χ2v) is 11.6. The monoisotopic (exact) mass is 542 g/mol. The Morgan fingerprint density at radius 3 is 2.35 bits per heavy atom. The van der Waals surface area contributed by atoms with Gasteiger partial charge in [0.25, 0.3) is 0 Å². The number of alkyl halides is 3. The zero-order valence-electron chi connectivity index (χ0n) is 20.7. The fraction of sp³-hybridized carbons (Fsp3) is 0.480. The first-order valence-corrected chi connectivity index (χ1v) is 13.9. The van der Waals surface area contributed by atoms with Crippen molar-refractivity contribution in [3.8, 4) is 11.6 Å². The van der Waals surface area contributed by atoms with Crippen LogP contribution in [0.2, 0.25) is 0 Å². The van der Waals surface area contributed by atoms with Crippen LogP contribution in [0.1, 0.15) is 67.4 Å². The molecule has 0 radical (unpaired) electrons. The number of pyridine rings is 1. The first kappa shape index (κ1) is 28.4. The minimum Gasteiger partial charge on any atom is -0.478 e. The Balaban J connectivity index is 1.99. The molecule has 0 saturated heterocycles. The summed E-state index contributed by atoms with van der Waals surface area (Å²) in [6, 6.07) is 3.94. The topological polar surface area (TPSA) is 114 Å². The van der Waals surface area contributed by atoms with Gasteiger partial charge in [-0.05, 0) is 56.5 Å². The van der Waals surface area contributed by atoms with Crippen molar-refractivity contribution in [1.29, 1.82) is 0 Å². The zero-order valence-corrected chi connectivity index (χ0v) is 21.5. The summed E-state index contributed by atoms with van der Waals surface area (Å²) in [5.74, 6) is -3.51. The zero-order chi connectivity index (χ0) is 27.5. The number of benzene rings is 1. The van der Waals surface area contributed by atoms with Crippen molar-refractivity contribution in [3.05, 3.63) is 47.2 Å². The van der Waals surface area contributed by atoms with Crippen LogP contribution in [0.3, 0.4) is 0 Å². The van der Waals surface area contributed by atoms with Gasteiger partial charge in [-0.3, -0.25) is 4.79 Å². The molecule has 1 aromatic heterocycles. The highest BCUT2D eigenvalue weighted by atomic mass is 32.2. The number of ether oxygens (including phenoxy) is 1. The number of carbonyl (C=O) groups excluding carboxylic acids is 1. The highest BCUT2D eigenvalue weighted by molar-refractivity contribution is 7.89. The molecule has 1 heterocycles. The summed E-state index contributed by atoms with van der Waals surface area (Å²) in [5, 5.41) is 9.86. The molecule has 1 aliphatic carbocycles. The Kier molecular flexibility index (Phi) is 8.51. The van der Waals surface area contributed by atoms with Crippen molar-refractivity contribution in [3.63, 3.8) is 0 Å². The SMILES string of the molecule is CC(C)N(C(=O)C1CCCCC1)c1ccc(Oc2ncc(CS(C)(=O)=O)cc2C(F)(F)F)cc1C(=O)O. The third kappa shape index (κ3) is 7.21. The number of aromatic nitrogens is 1. The Morgan fingerprint density at radius 2 is 1.81 bits per heavy atom. The average molecular weight is 543 g/mol. The Bertz CT molecular complexity index is 1270. The number of carboxylic acid groups (broad SMARTS) is 1. The Labute approximate surface area is 213 Å². The summed E-state index contributed by atoms with van der Waals surface area (Å²) >= 11 is 0. The molecule has 0 atom stereocenters. The molecule has 1 saturated carbocycles. The third-order valence-corrected chi connectivity index (χ3v) is 6.88. The molecule has 1 aromatic carbocycles. The van der Waals surface area contributed by atoms with E-state index in [-0.39, 0.29) is 40.4 Å². The second-order valence-electron chi connectivity index (χ2n) is 9.49. The van der Waals surface area contributed by atoms with Crippen LogP contribution in [-0.4, -0.2) is 42.7 Å². The van der Waals surface area contributed by atoms with E-state index in [1.165, 1.54) is 17.0 Å². The number of hydrogen-bond donors (Lipinski definition) is 1. The summed E-state index contributed by atoms with van der Waals surface area (Å²) in [6.45, 7) is 3.52. The number of sulfone groups is 1. The number of halogens is 3. The fourth-order valence-electron chi connectivity index (χ4n) is 4.43. The molecular weight excluding hydrogens is 513 g/mol. The molecule has 12 heteroatoms. The smallest absolute Gasteiger partial charge is 0.421 e. The number of amides is 1. The van der Waals surface area contributed by atoms with Gasteiger partial charge in [-0.1, -0.05) is 19.3 Å². The van der Waals surface area contributed by atoms with Crippen LogP contribution in [0.4, 0.5) is 18.9 Å². The van der Waals surface area contributed by atoms with Gasteiger partial charge in [0, 0.05) is 24.4 Å². The minimum absolute atomic E-state index is 0.123. The van der Waals surface area contributed by atoms with E-state index in [9.17, 15) is 36.3 Å². The lowest BCUT2D eigenvalue weighted by atomic mass is 9.87. The van der Waals surface area contributed by atoms with Crippen molar-refractivity contribution in [1.82, 2.24) is 4.98 Å². The number of anilines is 1. The van der Waals surface area contributed by atoms with E-state index in [4.69, 9.17) is 4.74 Å². The van der Waals surface area contributed by atoms with Gasteiger partial charge >= 0.3 is 12.1 Å². The first-order chi connectivity index (χ1) is 17.2. The van der Waals surface area contributed by atoms with E-state index in [1.807, 2.05) is 0 Å². The van der Waals surface area contributed by atoms with Gasteiger partial charge in [0.1, 0.15) is 11.3 Å². The predicted octanol–water partition coefficient (Wildman–Crippen LogP) is 5.46. The Hall–Kier alpha value is -3.15. The van der Waals surface area contributed by atoms with Gasteiger partial charge in [-0.25, -0.2) is 18.2 Å². The molecule has 1 fully saturated rings. The van der Waals surface area contributed by atoms with E-state index in [0.717, 1.165) is 37.8 Å². The van der Waals surface area contributed by atoms with Gasteiger partial charge in [-0.15, -0.1) is 0 Å². The maximum Gasteiger partial charge on any atom is 0.421 e. The summed E-state index contributed by atoms with van der Waals surface area (Å²) in [7, 11) is -3.61. The Morgan fingerprint density at radius 1 is 1.16 bits per heavy atom. The van der Waals surface area contributed by atoms with E-state index >= 15 is 0 Å². The molecule has 1 aliphatic rings. The van der Waals surface area contributed by atoms with Crippen LogP contribution >= 0.6 is 0 Å². The second kappa shape index (κ2) is 11.1. The van der Waals surface area contributed by atoms with E-state index < -0.39 is 39.2 Å². The number of carboxylic acids is 1. The largest absolute Gasteiger partial charge is 0.478 e. The van der Waals surface area contributed by atoms with Crippen LogP contribution in [0.25, 0.3) is 0 Å². The fourth-order valence-corrected chi connectivity index (χ4v) is 5.19. The van der Waals surface area contributed by atoms with E-state index in [2.05, 4.69) is 4.98 Å². The molecule has 1 amide bonds. The first-order valence-electron chi connectivity index (χ1n) is 11.8. The molecule has 0 spiro atoms. The lowest BCUT2D eigenvalue weighted by Crippen LogP contribution is -2.42. The molecule has 1 N–H and O–H groups in total. The third-order valence-electron chi connectivity index (χ3n) is 6.02. The van der Waals surface area contributed by atoms with Crippen LogP contribution < -0.4 is 9.64 Å². The molecule has 0 aliphatic heterocycles. The molecule has 2 aromatic rings. The molecule has 0 bridgehead atoms. The summed E-state index contributed by atoms with van der Waals surface area (Å²) in [6.07, 6.45) is 1.24. The predicted molar refractivity (Wildman–Crippen MR) is 130 cm³/mol. The van der Waals surface area contributed by atoms with Crippen LogP contribution in [0.15, 0.2) is 30.5 Å². The van der Waals surface area contributed by atoms with Gasteiger partial charge in [-0.2, -0.15) is 13.2 Å². The van der Waals surface area contributed by atoms with Crippen LogP contribution in [-0.2, 0) is 26.6 Å². The van der Waals surface area contributed by atoms with E-state index in [1.54, 1.807) is 13.8 Å². The quantitative estimate of drug-likeness (QED) is 0.471. The maximum atomic E-state index is 13.7. The van der Waals surface area contributed by atoms with Crippen LogP contribution in [0.5, 0.6) is 11.6 Å². The van der Waals surface area contributed by atoms with Crippen molar-refractivity contribution in [2.75, 3.05) is 11.2 Å². The van der Waals surface area contributed by atoms with Crippen molar-refractivity contribution >= 4 is 27.4 Å². The number of aromatic carboxylic acids is 1. The highest BCUT2D eigenvalue weighted by Crippen LogP contribution is 2.39. The average Bonchev–Trinajstić information content (AvgIpc) is 2.79. The molecule has 3 rings (SSSR count). The van der Waals surface area contributed by atoms with Gasteiger partial charge in [0.15, 0.2) is 9.84 Å². The van der Waals surface area contributed by atoms with E-state index in [0.29, 0.717) is 18.9 Å². The summed E-state index contributed by atoms with van der Waals surface area (Å²) in [5.41, 5.74) is -1.65. The lowest BCUT2D eigenvalue weighted by molar-refractivity contribution is -0.139. The van der Waals surface area contributed by atoms with Crippen molar-refractivity contribution in [2.45, 2.75) is 63.9 Å². The van der Waals surface area contributed by atoms with Gasteiger partial charge < -0.3 is 14.7 Å². The standard InChI is InChI=1S/C25H29F3N2O6S/c1-15(2)30(23(31)17-7-5-4-6-8-17)21-10-9-18(12-19(21)24(32)33)36-22-20(25(26,27)28)11-16(13-29-22)14-37(3,34)35/h9-13,15,17H,4-8,14H2,1-3H3,(H,32,33). The number of nitrogens with zero attached hydrogens (tertiary/aromatic N) is 2. The normalized spacial score (nSPS) is 15.0. The maximum absolute atomic E-state index is 13.7. The molecule has 0 unspecified atom stereocenters. The van der Waals surface area contributed by atoms with Gasteiger partial charge in [0.05, 0.1) is 17.0 Å². The summed E-state index contributed by atoms with van der Waals surface area (Å²) in [4.78, 5) is 30.5. The molecule has 202 valence electrons. The number of rotatable bonds is 8. The highest BCUT2D eigenvalue weighted by Gasteiger charge is 2.36. The number of hydrogen-bond acceptors (Lipinski definition) is 6. The van der Waals surface area contributed by atoms with Crippen molar-refractivity contribution in [2.24, 2.45) is 5.92 Å². The molecule has 8 nitrogen and oxygen atoms in total. The number of carbonyl (C=O) groups is 2. The minimum atomic E-state index is -4.91. The lowest BCUT2D eigenvalue weighted by Gasteiger charge is -2.33. The molecule has 37 heavy (non-hydrogen) atoms. The summed E-state index contributed by atoms with van der Waals surface area (Å²) < 4.78 is 69.4. The van der Waals surface area contributed by atoms with Gasteiger partial charge in [0.2, 0.25) is 11.8 Å². The molecular formula is C25H29F3N2O6S. The van der Waals surface area contributed by atoms with Crippen molar-refractivity contribution < 1.29 is 41.0 Å².